The molecule has 0 radical (unpaired) electrons. The Labute approximate surface area is 567 Å². The third-order valence-corrected chi connectivity index (χ3v) is 14.5. The third kappa shape index (κ3) is 66.8. The number of hydrogen-bond donors (Lipinski definition) is 9. The van der Waals surface area contributed by atoms with Crippen LogP contribution in [0.1, 0.15) is 246 Å². The second-order valence-electron chi connectivity index (χ2n) is 23.7. The van der Waals surface area contributed by atoms with E-state index in [2.05, 4.69) is 63.8 Å². The van der Waals surface area contributed by atoms with Crippen LogP contribution in [0.25, 0.3) is 0 Å². The number of carbonyl (C=O) groups is 10. The fourth-order valence-electron chi connectivity index (χ4n) is 8.88. The zero-order chi connectivity index (χ0) is 71.3. The molecule has 10 N–H and O–H groups in total. The first kappa shape index (κ1) is 93.6. The fourth-order valence-corrected chi connectivity index (χ4v) is 8.88. The second-order valence-corrected chi connectivity index (χ2v) is 23.7. The average molecular weight is 1370 g/mol. The van der Waals surface area contributed by atoms with Gasteiger partial charge in [0.2, 0.25) is 29.5 Å². The Hall–Kier alpha value is -5.58. The highest BCUT2D eigenvalue weighted by Gasteiger charge is 2.35. The monoisotopic (exact) mass is 1360 g/mol. The number of carbonyl (C=O) groups excluding carboxylic acids is 7. The topological polar surface area (TPSA) is 391 Å². The van der Waals surface area contributed by atoms with Crippen molar-refractivity contribution in [3.05, 3.63) is 0 Å². The zero-order valence-electron chi connectivity index (χ0n) is 59.1. The van der Waals surface area contributed by atoms with Crippen LogP contribution in [0.15, 0.2) is 0 Å². The predicted octanol–water partition coefficient (Wildman–Crippen LogP) is 8.02. The number of aliphatic carboxylic acids is 3. The van der Waals surface area contributed by atoms with E-state index in [4.69, 9.17) is 49.5 Å². The predicted molar refractivity (Wildman–Crippen MR) is 361 cm³/mol. The Morgan fingerprint density at radius 2 is 0.537 bits per heavy atom. The van der Waals surface area contributed by atoms with Gasteiger partial charge in [0, 0.05) is 64.6 Å². The lowest BCUT2D eigenvalue weighted by atomic mass is 10.0. The summed E-state index contributed by atoms with van der Waals surface area (Å²) < 4.78 is 43.6. The van der Waals surface area contributed by atoms with Crippen molar-refractivity contribution in [2.75, 3.05) is 120 Å². The number of rotatable bonds is 65. The number of nitrogens with two attached hydrogens (primary N) is 1. The molecule has 0 bridgehead atoms. The highest BCUT2D eigenvalue weighted by molar-refractivity contribution is 5.78. The minimum atomic E-state index is -1.25. The number of carboxylic acid groups (broad SMARTS) is 3. The molecular formula is C68H128N6O21. The van der Waals surface area contributed by atoms with Crippen molar-refractivity contribution in [1.82, 2.24) is 26.6 Å². The van der Waals surface area contributed by atoms with Crippen LogP contribution < -0.4 is 32.3 Å². The number of unbranched alkanes of at least 4 members (excludes halogenated alkanes) is 18. The van der Waals surface area contributed by atoms with Crippen molar-refractivity contribution in [2.45, 2.75) is 257 Å². The number of esters is 2. The van der Waals surface area contributed by atoms with Crippen molar-refractivity contribution in [1.29, 1.82) is 0 Å². The Morgan fingerprint density at radius 1 is 0.305 bits per heavy atom. The van der Waals surface area contributed by atoms with Gasteiger partial charge in [-0.3, -0.25) is 47.9 Å². The van der Waals surface area contributed by atoms with Gasteiger partial charge in [-0.1, -0.05) is 130 Å². The molecule has 95 heavy (non-hydrogen) atoms. The van der Waals surface area contributed by atoms with Gasteiger partial charge < -0.3 is 85.5 Å². The summed E-state index contributed by atoms with van der Waals surface area (Å²) >= 11 is 0. The molecule has 0 fully saturated rings. The van der Waals surface area contributed by atoms with E-state index in [1.807, 2.05) is 0 Å². The van der Waals surface area contributed by atoms with Crippen LogP contribution in [0.3, 0.4) is 0 Å². The van der Waals surface area contributed by atoms with E-state index in [-0.39, 0.29) is 166 Å². The summed E-state index contributed by atoms with van der Waals surface area (Å²) in [5.41, 5.74) is 2.80. The molecule has 0 aliphatic heterocycles. The molecule has 556 valence electrons. The molecule has 0 aliphatic rings. The lowest BCUT2D eigenvalue weighted by Crippen LogP contribution is -2.58. The molecule has 0 unspecified atom stereocenters. The molecule has 0 aromatic heterocycles. The van der Waals surface area contributed by atoms with Gasteiger partial charge in [-0.15, -0.1) is 0 Å². The summed E-state index contributed by atoms with van der Waals surface area (Å²) in [4.78, 5) is 118. The lowest BCUT2D eigenvalue weighted by molar-refractivity contribution is -0.141. The second kappa shape index (κ2) is 68.4. The van der Waals surface area contributed by atoms with Gasteiger partial charge in [-0.25, -0.2) is 0 Å². The first-order chi connectivity index (χ1) is 45.7. The van der Waals surface area contributed by atoms with E-state index >= 15 is 0 Å². The third-order valence-electron chi connectivity index (χ3n) is 14.5. The largest absolute Gasteiger partial charge is 0.481 e. The van der Waals surface area contributed by atoms with Gasteiger partial charge in [-0.2, -0.15) is 0 Å². The van der Waals surface area contributed by atoms with Crippen LogP contribution in [0.5, 0.6) is 0 Å². The smallest absolute Gasteiger partial charge is 0.305 e. The van der Waals surface area contributed by atoms with Crippen LogP contribution in [0.4, 0.5) is 0 Å². The maximum atomic E-state index is 13.3. The van der Waals surface area contributed by atoms with Crippen LogP contribution in [-0.4, -0.2) is 205 Å². The quantitative estimate of drug-likeness (QED) is 0.0205. The van der Waals surface area contributed by atoms with Crippen LogP contribution in [0, 0.1) is 0 Å². The van der Waals surface area contributed by atoms with Gasteiger partial charge in [0.1, 0.15) is 11.1 Å². The summed E-state index contributed by atoms with van der Waals surface area (Å²) in [5.74, 6) is -4.29. The molecule has 0 aromatic carbocycles. The number of ether oxygens (including phenoxy) is 8. The molecule has 0 atom stereocenters. The summed E-state index contributed by atoms with van der Waals surface area (Å²) in [5, 5.41) is 41.1. The van der Waals surface area contributed by atoms with Crippen LogP contribution >= 0.6 is 0 Å². The van der Waals surface area contributed by atoms with E-state index in [0.29, 0.717) is 45.3 Å². The summed E-state index contributed by atoms with van der Waals surface area (Å²) in [6.07, 6.45) is 24.3. The Morgan fingerprint density at radius 3 is 0.747 bits per heavy atom. The minimum absolute atomic E-state index is 0.0301. The van der Waals surface area contributed by atoms with Crippen molar-refractivity contribution in [3.63, 3.8) is 0 Å². The number of amides is 5. The van der Waals surface area contributed by atoms with E-state index in [1.165, 1.54) is 27.1 Å². The number of carboxylic acids is 3. The molecule has 0 spiro atoms. The van der Waals surface area contributed by atoms with Crippen LogP contribution in [-0.2, 0) is 85.8 Å². The molecule has 0 saturated heterocycles. The van der Waals surface area contributed by atoms with Crippen molar-refractivity contribution in [2.24, 2.45) is 5.73 Å². The van der Waals surface area contributed by atoms with Gasteiger partial charge in [0.15, 0.2) is 0 Å². The molecule has 5 amide bonds. The van der Waals surface area contributed by atoms with E-state index in [1.54, 1.807) is 0 Å². The van der Waals surface area contributed by atoms with Gasteiger partial charge in [0.25, 0.3) is 0 Å². The Bertz CT molecular complexity index is 1840. The van der Waals surface area contributed by atoms with E-state index in [9.17, 15) is 47.9 Å². The number of methoxy groups -OCH3 is 2. The van der Waals surface area contributed by atoms with Gasteiger partial charge in [-0.05, 0) is 57.9 Å². The minimum Gasteiger partial charge on any atom is -0.481 e. The number of hydrogen-bond acceptors (Lipinski definition) is 19. The fraction of sp³-hybridized carbons (Fsp3) is 0.853. The highest BCUT2D eigenvalue weighted by atomic mass is 16.5. The molecule has 27 heteroatoms. The maximum Gasteiger partial charge on any atom is 0.305 e. The number of nitrogens with one attached hydrogen (secondary N) is 5. The normalized spacial score (nSPS) is 11.1. The van der Waals surface area contributed by atoms with E-state index in [0.717, 1.165) is 141 Å². The molecule has 27 nitrogen and oxygen atoms in total. The van der Waals surface area contributed by atoms with Gasteiger partial charge in [0.05, 0.1) is 113 Å². The molecule has 0 rings (SSSR count). The van der Waals surface area contributed by atoms with Gasteiger partial charge >= 0.3 is 29.8 Å². The Kier molecular flexibility index (Phi) is 67.4. The molecule has 0 saturated carbocycles. The molecule has 0 heterocycles. The van der Waals surface area contributed by atoms with Crippen molar-refractivity contribution >= 4 is 59.4 Å². The molecule has 0 aliphatic carbocycles. The van der Waals surface area contributed by atoms with Crippen LogP contribution in [0.2, 0.25) is 0 Å². The first-order valence-electron chi connectivity index (χ1n) is 35.1. The maximum absolute atomic E-state index is 13.3. The van der Waals surface area contributed by atoms with Crippen molar-refractivity contribution < 1.29 is 101 Å². The average Bonchev–Trinajstić information content (AvgIpc) is 1.01. The summed E-state index contributed by atoms with van der Waals surface area (Å²) in [6.45, 7) is 10.7. The van der Waals surface area contributed by atoms with Crippen molar-refractivity contribution in [3.8, 4) is 0 Å². The van der Waals surface area contributed by atoms with E-state index < -0.39 is 29.0 Å². The lowest BCUT2D eigenvalue weighted by Gasteiger charge is -2.34. The molecular weight excluding hydrogens is 1240 g/mol. The zero-order valence-corrected chi connectivity index (χ0v) is 59.1. The highest BCUT2D eigenvalue weighted by Crippen LogP contribution is 2.17. The SMILES string of the molecule is CCCCN.CCCCNC(=O)CCOCC(COCCC(=O)NCCCC)(COCCC(=O)NCCCC)NC(=O)CCCCCCCCCCC(=O)OC.COC(=O)CCCCCCCCCCC(=O)NC(COCCC(=O)O)(COCCC(=O)O)COCCC(=O)O. The standard InChI is InChI=1S/C38H72N4O9.C26H45NO12.C4H11N/c1-5-8-24-39-33(43)21-27-49-30-38(31-50-28-22-34(44)40-25-9-6-2,32-51-29-23-35(45)41-26-10-7-3)42-36(46)19-17-15-13-11-12-14-16-18-20-37(47)48-4;1-36-25(35)11-9-7-5-3-2-4-6-8-10-21(28)27-26(18-37-15-12-22(29)30,19-38-16-13-23(31)32)20-39-17-14-24(33)34;1-2-3-4-5/h5-32H2,1-4H3,(H,39,43)(H,40,44)(H,41,45)(H,42,46);2-20H2,1H3,(H,27,28)(H,29,30)(H,31,32)(H,33,34);2-5H2,1H3. The molecule has 0 aromatic rings. The first-order valence-corrected chi connectivity index (χ1v) is 35.1. The summed E-state index contributed by atoms with van der Waals surface area (Å²) in [6, 6.07) is 0. The Balaban J connectivity index is -0.00000171. The summed E-state index contributed by atoms with van der Waals surface area (Å²) in [7, 11) is 2.79.